The number of nitrogen functional groups attached to an aromatic ring is 1. The predicted octanol–water partition coefficient (Wildman–Crippen LogP) is 7.42. The number of ether oxygens (including phenoxy) is 3. The van der Waals surface area contributed by atoms with Crippen molar-refractivity contribution < 1.29 is 42.9 Å². The number of unbranched alkanes of at least 4 members (excludes halogenated alkanes) is 12. The first-order valence-corrected chi connectivity index (χ1v) is 21.3. The number of allylic oxidation sites excluding steroid dienone is 2. The van der Waals surface area contributed by atoms with E-state index in [1.165, 1.54) is 75.1 Å². The van der Waals surface area contributed by atoms with Crippen molar-refractivity contribution in [1.29, 1.82) is 0 Å². The van der Waals surface area contributed by atoms with Gasteiger partial charge in [-0.05, 0) is 56.7 Å². The van der Waals surface area contributed by atoms with Gasteiger partial charge in [0.05, 0.1) is 32.1 Å². The minimum Gasteiger partial charge on any atom is -0.387 e. The maximum atomic E-state index is 13.0. The maximum absolute atomic E-state index is 13.0. The minimum atomic E-state index is -4.62. The molecule has 1 aliphatic heterocycles. The van der Waals surface area contributed by atoms with Crippen molar-refractivity contribution in [2.75, 3.05) is 32.2 Å². The highest BCUT2D eigenvalue weighted by molar-refractivity contribution is 7.47. The summed E-state index contributed by atoms with van der Waals surface area (Å²) in [7, 11) is -4.62. The molecule has 0 amide bonds. The second-order valence-corrected chi connectivity index (χ2v) is 15.8. The van der Waals surface area contributed by atoms with Crippen LogP contribution in [0.5, 0.6) is 0 Å². The fourth-order valence-electron chi connectivity index (χ4n) is 6.64. The number of hydrogen-bond acceptors (Lipinski definition) is 11. The molecule has 302 valence electrons. The summed E-state index contributed by atoms with van der Waals surface area (Å²) in [4.78, 5) is 14.5. The molecule has 14 heteroatoms. The van der Waals surface area contributed by atoms with E-state index in [2.05, 4.69) is 29.2 Å². The molecular formula is C40H63N4O9P. The van der Waals surface area contributed by atoms with Crippen LogP contribution in [0.15, 0.2) is 60.9 Å². The molecule has 1 unspecified atom stereocenters. The summed E-state index contributed by atoms with van der Waals surface area (Å²) in [6.45, 7) is 4.05. The zero-order valence-corrected chi connectivity index (χ0v) is 33.1. The highest BCUT2D eigenvalue weighted by atomic mass is 31.2. The average molecular weight is 775 g/mol. The van der Waals surface area contributed by atoms with Crippen LogP contribution in [0.2, 0.25) is 0 Å². The number of phosphoric ester groups is 1. The van der Waals surface area contributed by atoms with E-state index in [0.717, 1.165) is 31.2 Å². The summed E-state index contributed by atoms with van der Waals surface area (Å²) in [5.74, 6) is 0.237. The van der Waals surface area contributed by atoms with Crippen molar-refractivity contribution in [2.45, 2.75) is 140 Å². The lowest BCUT2D eigenvalue weighted by Gasteiger charge is -2.27. The van der Waals surface area contributed by atoms with Gasteiger partial charge in [0.25, 0.3) is 0 Å². The molecule has 5 N–H and O–H groups in total. The predicted molar refractivity (Wildman–Crippen MR) is 209 cm³/mol. The molecule has 1 aliphatic rings. The quantitative estimate of drug-likeness (QED) is 0.0326. The monoisotopic (exact) mass is 774 g/mol. The van der Waals surface area contributed by atoms with Gasteiger partial charge in [-0.2, -0.15) is 5.10 Å². The van der Waals surface area contributed by atoms with Gasteiger partial charge in [0.1, 0.15) is 41.9 Å². The van der Waals surface area contributed by atoms with Gasteiger partial charge in [0.15, 0.2) is 5.82 Å². The number of aromatic nitrogens is 3. The molecule has 2 aromatic heterocycles. The number of aliphatic hydroxyl groups is 2. The van der Waals surface area contributed by atoms with Crippen LogP contribution >= 0.6 is 7.82 Å². The Morgan fingerprint density at radius 1 is 0.926 bits per heavy atom. The van der Waals surface area contributed by atoms with E-state index >= 15 is 0 Å². The molecule has 1 saturated heterocycles. The van der Waals surface area contributed by atoms with Crippen molar-refractivity contribution in [3.8, 4) is 0 Å². The van der Waals surface area contributed by atoms with Gasteiger partial charge in [-0.1, -0.05) is 107 Å². The highest BCUT2D eigenvalue weighted by Crippen LogP contribution is 2.46. The van der Waals surface area contributed by atoms with E-state index in [0.29, 0.717) is 17.8 Å². The number of phosphoric acid groups is 1. The van der Waals surface area contributed by atoms with Crippen LogP contribution < -0.4 is 5.73 Å². The third-order valence-electron chi connectivity index (χ3n) is 9.91. The van der Waals surface area contributed by atoms with Crippen molar-refractivity contribution in [3.05, 3.63) is 72.2 Å². The van der Waals surface area contributed by atoms with Crippen molar-refractivity contribution in [3.63, 3.8) is 0 Å². The molecule has 54 heavy (non-hydrogen) atoms. The molecule has 0 bridgehead atoms. The molecule has 6 atom stereocenters. The average Bonchev–Trinajstić information content (AvgIpc) is 3.71. The first-order chi connectivity index (χ1) is 26.1. The molecule has 1 aromatic carbocycles. The number of anilines is 1. The molecule has 0 aliphatic carbocycles. The summed E-state index contributed by atoms with van der Waals surface area (Å²) >= 11 is 0. The number of benzene rings is 1. The first-order valence-electron chi connectivity index (χ1n) is 19.8. The molecule has 1 fully saturated rings. The van der Waals surface area contributed by atoms with Crippen LogP contribution in [0.25, 0.3) is 5.52 Å². The zero-order chi connectivity index (χ0) is 38.7. The summed E-state index contributed by atoms with van der Waals surface area (Å²) in [6, 6.07) is 12.9. The van der Waals surface area contributed by atoms with Crippen molar-refractivity contribution >= 4 is 19.2 Å². The van der Waals surface area contributed by atoms with E-state index < -0.39 is 44.4 Å². The van der Waals surface area contributed by atoms with Crippen LogP contribution in [0, 0.1) is 0 Å². The molecule has 0 radical (unpaired) electrons. The summed E-state index contributed by atoms with van der Waals surface area (Å²) < 4.78 is 43.0. The van der Waals surface area contributed by atoms with Gasteiger partial charge in [-0.15, -0.1) is 0 Å². The van der Waals surface area contributed by atoms with Crippen LogP contribution in [-0.2, 0) is 40.0 Å². The second-order valence-electron chi connectivity index (χ2n) is 14.4. The van der Waals surface area contributed by atoms with E-state index in [9.17, 15) is 19.7 Å². The zero-order valence-electron chi connectivity index (χ0n) is 32.2. The molecular weight excluding hydrogens is 711 g/mol. The first kappa shape index (κ1) is 44.0. The van der Waals surface area contributed by atoms with Crippen LogP contribution in [-0.4, -0.2) is 80.5 Å². The van der Waals surface area contributed by atoms with Crippen molar-refractivity contribution in [1.82, 2.24) is 14.6 Å². The minimum absolute atomic E-state index is 0.173. The Labute approximate surface area is 320 Å². The van der Waals surface area contributed by atoms with Crippen LogP contribution in [0.1, 0.15) is 115 Å². The second kappa shape index (κ2) is 23.4. The van der Waals surface area contributed by atoms with Gasteiger partial charge in [-0.3, -0.25) is 9.05 Å². The summed E-state index contributed by atoms with van der Waals surface area (Å²) in [5, 5.41) is 26.0. The summed E-state index contributed by atoms with van der Waals surface area (Å²) in [6.07, 6.45) is 18.6. The third kappa shape index (κ3) is 14.1. The van der Waals surface area contributed by atoms with Crippen molar-refractivity contribution in [2.24, 2.45) is 0 Å². The molecule has 0 spiro atoms. The number of fused-ring (bicyclic) bond motifs is 1. The molecule has 13 nitrogen and oxygen atoms in total. The number of nitrogens with zero attached hydrogens (tertiary/aromatic N) is 3. The largest absolute Gasteiger partial charge is 0.472 e. The van der Waals surface area contributed by atoms with Crippen LogP contribution in [0.3, 0.4) is 0 Å². The standard InChI is InChI=1S/C40H63N4O9P/c1-3-4-5-6-7-8-9-10-11-12-13-14-15-16-17-21-26-49-28-33(50-27-32-22-19-18-20-23-32)29-51-54(47,48)52-30-35-37(45)38(46)40(2,53-35)36-25-24-34-39(41)42-31-43-44(34)36/h10-11,18-20,22-25,31,33,35,37-38,45-46H,3-9,12-17,21,26-30H2,1-2H3,(H,47,48)(H2,41,42,43)/b11-10-/t33-,35-,37-,38-,40+/m1/s1. The maximum Gasteiger partial charge on any atom is 0.472 e. The molecule has 4 rings (SSSR count). The highest BCUT2D eigenvalue weighted by Gasteiger charge is 2.54. The Bertz CT molecular complexity index is 1560. The van der Waals surface area contributed by atoms with Crippen LogP contribution in [0.4, 0.5) is 5.82 Å². The smallest absolute Gasteiger partial charge is 0.387 e. The Hall–Kier alpha value is -2.71. The van der Waals surface area contributed by atoms with E-state index in [-0.39, 0.29) is 25.6 Å². The number of aliphatic hydroxyl groups excluding tert-OH is 2. The number of rotatable bonds is 28. The Morgan fingerprint density at radius 3 is 2.30 bits per heavy atom. The van der Waals surface area contributed by atoms with E-state index in [1.54, 1.807) is 19.1 Å². The molecule has 0 saturated carbocycles. The molecule has 3 aromatic rings. The summed E-state index contributed by atoms with van der Waals surface area (Å²) in [5.41, 5.74) is 6.38. The van der Waals surface area contributed by atoms with Gasteiger partial charge in [-0.25, -0.2) is 14.1 Å². The Morgan fingerprint density at radius 2 is 1.59 bits per heavy atom. The lowest BCUT2D eigenvalue weighted by atomic mass is 9.93. The lowest BCUT2D eigenvalue weighted by Crippen LogP contribution is -2.39. The van der Waals surface area contributed by atoms with Gasteiger partial charge >= 0.3 is 7.82 Å². The van der Waals surface area contributed by atoms with Gasteiger partial charge < -0.3 is 35.1 Å². The Kier molecular flexibility index (Phi) is 19.1. The van der Waals surface area contributed by atoms with E-state index in [1.807, 2.05) is 30.3 Å². The SMILES string of the molecule is CCCCCCCC/C=C\CCCCCCCCOC[C@H](COP(=O)(O)OC[C@H]1O[C@@](C)(c2ccc3c(N)ncnn23)[C@H](O)[C@@H]1O)OCc1ccccc1. The number of hydrogen-bond donors (Lipinski definition) is 4. The third-order valence-corrected chi connectivity index (χ3v) is 10.9. The lowest BCUT2D eigenvalue weighted by molar-refractivity contribution is -0.0901. The number of nitrogens with two attached hydrogens (primary N) is 1. The fourth-order valence-corrected chi connectivity index (χ4v) is 7.40. The Balaban J connectivity index is 1.14. The van der Waals surface area contributed by atoms with Gasteiger partial charge in [0.2, 0.25) is 0 Å². The molecule has 3 heterocycles. The van der Waals surface area contributed by atoms with E-state index in [4.69, 9.17) is 29.0 Å². The normalized spacial score (nSPS) is 22.0. The van der Waals surface area contributed by atoms with Gasteiger partial charge in [0, 0.05) is 6.61 Å². The topological polar surface area (TPSA) is 180 Å². The fraction of sp³-hybridized carbons (Fsp3) is 0.650.